The summed E-state index contributed by atoms with van der Waals surface area (Å²) in [6.45, 7) is 15.3. The van der Waals surface area contributed by atoms with Crippen LogP contribution in [0, 0.1) is 0 Å². The number of hydrogen-bond donors (Lipinski definition) is 1. The van der Waals surface area contributed by atoms with E-state index in [1.54, 1.807) is 0 Å². The second kappa shape index (κ2) is 9.02. The molecule has 2 rings (SSSR count). The third kappa shape index (κ3) is 6.22. The highest BCUT2D eigenvalue weighted by Gasteiger charge is 2.25. The molecule has 24 heavy (non-hydrogen) atoms. The number of piperidine rings is 1. The highest BCUT2D eigenvalue weighted by molar-refractivity contribution is 5.79. The number of hydrogen-bond acceptors (Lipinski definition) is 4. The Hall–Kier alpha value is -0.850. The average Bonchev–Trinajstić information content (AvgIpc) is 2.53. The first-order valence-electron chi connectivity index (χ1n) is 9.34. The molecule has 2 aliphatic rings. The molecule has 0 amide bonds. The van der Waals surface area contributed by atoms with Crippen molar-refractivity contribution in [1.29, 1.82) is 0 Å². The Morgan fingerprint density at radius 3 is 2.54 bits per heavy atom. The lowest BCUT2D eigenvalue weighted by molar-refractivity contribution is -0.0772. The van der Waals surface area contributed by atoms with Crippen LogP contribution in [0.15, 0.2) is 4.99 Å². The minimum atomic E-state index is -0.0540. The van der Waals surface area contributed by atoms with Gasteiger partial charge in [0.25, 0.3) is 0 Å². The minimum absolute atomic E-state index is 0.0540. The van der Waals surface area contributed by atoms with Gasteiger partial charge in [-0.1, -0.05) is 0 Å². The summed E-state index contributed by atoms with van der Waals surface area (Å²) < 4.78 is 11.6. The van der Waals surface area contributed by atoms with E-state index in [2.05, 4.69) is 47.8 Å². The van der Waals surface area contributed by atoms with Crippen LogP contribution in [-0.2, 0) is 9.47 Å². The lowest BCUT2D eigenvalue weighted by Crippen LogP contribution is -2.51. The Balaban J connectivity index is 1.71. The third-order valence-corrected chi connectivity index (χ3v) is 4.66. The Morgan fingerprint density at radius 2 is 1.96 bits per heavy atom. The third-order valence-electron chi connectivity index (χ3n) is 4.66. The SMILES string of the molecule is CN=C(NCCN1CCOCC1C)N1CCC(OC(C)(C)C)CC1. The summed E-state index contributed by atoms with van der Waals surface area (Å²) in [5.41, 5.74) is -0.0540. The van der Waals surface area contributed by atoms with Crippen LogP contribution in [0.25, 0.3) is 0 Å². The monoisotopic (exact) mass is 340 g/mol. The molecule has 0 aromatic heterocycles. The summed E-state index contributed by atoms with van der Waals surface area (Å²) >= 11 is 0. The molecule has 6 nitrogen and oxygen atoms in total. The standard InChI is InChI=1S/C18H36N4O2/c1-15-14-23-13-12-21(15)11-8-20-17(19-5)22-9-6-16(7-10-22)24-18(2,3)4/h15-16H,6-14H2,1-5H3,(H,19,20). The average molecular weight is 341 g/mol. The highest BCUT2D eigenvalue weighted by Crippen LogP contribution is 2.20. The number of aliphatic imine (C=N–C) groups is 1. The van der Waals surface area contributed by atoms with Crippen LogP contribution in [0.3, 0.4) is 0 Å². The Morgan fingerprint density at radius 1 is 1.25 bits per heavy atom. The second-order valence-electron chi connectivity index (χ2n) is 7.85. The van der Waals surface area contributed by atoms with Crippen molar-refractivity contribution < 1.29 is 9.47 Å². The van der Waals surface area contributed by atoms with Gasteiger partial charge in [0, 0.05) is 45.8 Å². The normalized spacial score (nSPS) is 25.1. The van der Waals surface area contributed by atoms with Crippen molar-refractivity contribution in [3.63, 3.8) is 0 Å². The topological polar surface area (TPSA) is 49.3 Å². The molecule has 2 saturated heterocycles. The van der Waals surface area contributed by atoms with E-state index in [4.69, 9.17) is 9.47 Å². The van der Waals surface area contributed by atoms with Gasteiger partial charge in [0.1, 0.15) is 0 Å². The summed E-state index contributed by atoms with van der Waals surface area (Å²) in [5, 5.41) is 3.52. The van der Waals surface area contributed by atoms with Gasteiger partial charge in [-0.15, -0.1) is 0 Å². The van der Waals surface area contributed by atoms with Crippen molar-refractivity contribution in [2.24, 2.45) is 4.99 Å². The predicted octanol–water partition coefficient (Wildman–Crippen LogP) is 1.56. The van der Waals surface area contributed by atoms with Crippen LogP contribution < -0.4 is 5.32 Å². The van der Waals surface area contributed by atoms with E-state index in [1.165, 1.54) is 0 Å². The zero-order chi connectivity index (χ0) is 17.6. The molecular weight excluding hydrogens is 304 g/mol. The van der Waals surface area contributed by atoms with E-state index in [0.29, 0.717) is 12.1 Å². The van der Waals surface area contributed by atoms with Gasteiger partial charge in [-0.2, -0.15) is 0 Å². The number of rotatable bonds is 4. The molecule has 0 aromatic rings. The molecule has 140 valence electrons. The number of ether oxygens (including phenoxy) is 2. The van der Waals surface area contributed by atoms with Crippen molar-refractivity contribution in [1.82, 2.24) is 15.1 Å². The van der Waals surface area contributed by atoms with Gasteiger partial charge in [0.05, 0.1) is 24.9 Å². The van der Waals surface area contributed by atoms with E-state index in [9.17, 15) is 0 Å². The molecule has 0 saturated carbocycles. The highest BCUT2D eigenvalue weighted by atomic mass is 16.5. The summed E-state index contributed by atoms with van der Waals surface area (Å²) in [6, 6.07) is 0.507. The maximum absolute atomic E-state index is 6.11. The largest absolute Gasteiger partial charge is 0.379 e. The smallest absolute Gasteiger partial charge is 0.193 e. The fraction of sp³-hybridized carbons (Fsp3) is 0.944. The zero-order valence-corrected chi connectivity index (χ0v) is 16.2. The molecule has 2 heterocycles. The lowest BCUT2D eigenvalue weighted by Gasteiger charge is -2.37. The van der Waals surface area contributed by atoms with Gasteiger partial charge < -0.3 is 19.7 Å². The fourth-order valence-electron chi connectivity index (χ4n) is 3.42. The molecule has 0 radical (unpaired) electrons. The number of morpholine rings is 1. The van der Waals surface area contributed by atoms with Gasteiger partial charge in [-0.25, -0.2) is 0 Å². The molecule has 0 aromatic carbocycles. The maximum atomic E-state index is 6.11. The van der Waals surface area contributed by atoms with Gasteiger partial charge in [-0.05, 0) is 40.5 Å². The summed E-state index contributed by atoms with van der Waals surface area (Å²) in [4.78, 5) is 9.29. The first kappa shape index (κ1) is 19.5. The van der Waals surface area contributed by atoms with Gasteiger partial charge in [0.2, 0.25) is 0 Å². The quantitative estimate of drug-likeness (QED) is 0.622. The van der Waals surface area contributed by atoms with Crippen molar-refractivity contribution in [2.45, 2.75) is 58.3 Å². The first-order valence-corrected chi connectivity index (χ1v) is 9.34. The van der Waals surface area contributed by atoms with Crippen LogP contribution in [0.5, 0.6) is 0 Å². The van der Waals surface area contributed by atoms with Crippen LogP contribution >= 0.6 is 0 Å². The van der Waals surface area contributed by atoms with Crippen molar-refractivity contribution in [2.75, 3.05) is 53.0 Å². The van der Waals surface area contributed by atoms with Crippen LogP contribution in [0.4, 0.5) is 0 Å². The molecule has 2 fully saturated rings. The van der Waals surface area contributed by atoms with Crippen LogP contribution in [-0.4, -0.2) is 86.5 Å². The summed E-state index contributed by atoms with van der Waals surface area (Å²) in [7, 11) is 1.87. The molecule has 1 atom stereocenters. The molecule has 2 aliphatic heterocycles. The van der Waals surface area contributed by atoms with E-state index in [-0.39, 0.29) is 5.60 Å². The van der Waals surface area contributed by atoms with E-state index >= 15 is 0 Å². The first-order chi connectivity index (χ1) is 11.4. The molecule has 1 N–H and O–H groups in total. The molecule has 6 heteroatoms. The van der Waals surface area contributed by atoms with E-state index in [1.807, 2.05) is 7.05 Å². The lowest BCUT2D eigenvalue weighted by atomic mass is 10.1. The molecular formula is C18H36N4O2. The van der Waals surface area contributed by atoms with Crippen molar-refractivity contribution >= 4 is 5.96 Å². The zero-order valence-electron chi connectivity index (χ0n) is 16.2. The number of nitrogens with zero attached hydrogens (tertiary/aromatic N) is 3. The van der Waals surface area contributed by atoms with E-state index in [0.717, 1.165) is 64.7 Å². The van der Waals surface area contributed by atoms with Crippen molar-refractivity contribution in [3.05, 3.63) is 0 Å². The molecule has 1 unspecified atom stereocenters. The van der Waals surface area contributed by atoms with E-state index < -0.39 is 0 Å². The van der Waals surface area contributed by atoms with Crippen LogP contribution in [0.1, 0.15) is 40.5 Å². The number of nitrogens with one attached hydrogen (secondary N) is 1. The minimum Gasteiger partial charge on any atom is -0.379 e. The van der Waals surface area contributed by atoms with Crippen molar-refractivity contribution in [3.8, 4) is 0 Å². The van der Waals surface area contributed by atoms with Gasteiger partial charge in [-0.3, -0.25) is 9.89 Å². The number of guanidine groups is 1. The second-order valence-corrected chi connectivity index (χ2v) is 7.85. The summed E-state index contributed by atoms with van der Waals surface area (Å²) in [6.07, 6.45) is 2.50. The Kier molecular flexibility index (Phi) is 7.32. The maximum Gasteiger partial charge on any atom is 0.193 e. The summed E-state index contributed by atoms with van der Waals surface area (Å²) in [5.74, 6) is 1.02. The fourth-order valence-corrected chi connectivity index (χ4v) is 3.42. The number of likely N-dealkylation sites (tertiary alicyclic amines) is 1. The molecule has 0 bridgehead atoms. The Bertz CT molecular complexity index is 400. The van der Waals surface area contributed by atoms with Crippen LogP contribution in [0.2, 0.25) is 0 Å². The predicted molar refractivity (Wildman–Crippen MR) is 98.6 cm³/mol. The Labute approximate surface area is 147 Å². The van der Waals surface area contributed by atoms with Gasteiger partial charge >= 0.3 is 0 Å². The molecule has 0 aliphatic carbocycles. The molecule has 0 spiro atoms. The van der Waals surface area contributed by atoms with Gasteiger partial charge in [0.15, 0.2) is 5.96 Å².